The van der Waals surface area contributed by atoms with Gasteiger partial charge in [-0.1, -0.05) is 6.58 Å². The van der Waals surface area contributed by atoms with Crippen LogP contribution in [0.15, 0.2) is 54.9 Å². The number of esters is 1. The van der Waals surface area contributed by atoms with Crippen molar-refractivity contribution in [2.45, 2.75) is 25.6 Å². The van der Waals surface area contributed by atoms with Crippen LogP contribution < -0.4 is 9.80 Å². The maximum Gasteiger partial charge on any atom is 0.417 e. The van der Waals surface area contributed by atoms with Crippen LogP contribution in [-0.4, -0.2) is 24.5 Å². The molecule has 1 fully saturated rings. The first-order valence-corrected chi connectivity index (χ1v) is 9.07. The van der Waals surface area contributed by atoms with Crippen LogP contribution in [0.25, 0.3) is 0 Å². The molecule has 6 nitrogen and oxygen atoms in total. The Hall–Kier alpha value is -3.80. The molecule has 0 atom stereocenters. The van der Waals surface area contributed by atoms with E-state index in [0.29, 0.717) is 11.3 Å². The third kappa shape index (κ3) is 3.61. The zero-order chi connectivity index (χ0) is 23.1. The van der Waals surface area contributed by atoms with Crippen LogP contribution in [0.1, 0.15) is 35.3 Å². The first-order valence-electron chi connectivity index (χ1n) is 9.07. The van der Waals surface area contributed by atoms with Crippen LogP contribution in [-0.2, 0) is 15.7 Å². The molecule has 0 unspecified atom stereocenters. The Morgan fingerprint density at radius 2 is 1.71 bits per heavy atom. The molecule has 0 radical (unpaired) electrons. The Morgan fingerprint density at radius 1 is 1.13 bits per heavy atom. The number of amides is 1. The number of hydrogen-bond donors (Lipinski definition) is 0. The van der Waals surface area contributed by atoms with Crippen molar-refractivity contribution in [1.29, 1.82) is 5.26 Å². The highest BCUT2D eigenvalue weighted by molar-refractivity contribution is 6.09. The summed E-state index contributed by atoms with van der Waals surface area (Å²) in [5.41, 5.74) is -2.07. The van der Waals surface area contributed by atoms with Gasteiger partial charge in [-0.2, -0.15) is 18.4 Å². The van der Waals surface area contributed by atoms with Gasteiger partial charge in [0.2, 0.25) is 0 Å². The normalized spacial score (nSPS) is 15.8. The van der Waals surface area contributed by atoms with Crippen LogP contribution >= 0.6 is 0 Å². The summed E-state index contributed by atoms with van der Waals surface area (Å²) in [6.07, 6.45) is -4.76. The molecular weight excluding hydrogens is 411 g/mol. The van der Waals surface area contributed by atoms with Gasteiger partial charge >= 0.3 is 12.1 Å². The molecule has 3 rings (SSSR count). The number of halogens is 3. The first-order chi connectivity index (χ1) is 14.4. The summed E-state index contributed by atoms with van der Waals surface area (Å²) in [4.78, 5) is 27.5. The Morgan fingerprint density at radius 3 is 2.23 bits per heavy atom. The second-order valence-electron chi connectivity index (χ2n) is 7.33. The molecule has 1 saturated heterocycles. The van der Waals surface area contributed by atoms with E-state index in [1.165, 1.54) is 31.4 Å². The molecule has 0 aliphatic carbocycles. The third-order valence-corrected chi connectivity index (χ3v) is 5.04. The number of alkyl halides is 3. The third-order valence-electron chi connectivity index (χ3n) is 5.04. The molecule has 0 N–H and O–H groups in total. The fraction of sp³-hybridized carbons (Fsp3) is 0.227. The van der Waals surface area contributed by atoms with E-state index in [-0.39, 0.29) is 11.5 Å². The van der Waals surface area contributed by atoms with Crippen molar-refractivity contribution >= 4 is 23.3 Å². The Balaban J connectivity index is 2.06. The SMILES string of the molecule is C=C1N(c2ccc(C#N)c(C(F)(F)F)c2)C(=O)C(C)(C)N1c1ccc(C(=O)OC)cc1. The summed E-state index contributed by atoms with van der Waals surface area (Å²) in [6, 6.07) is 10.8. The Kier molecular flexibility index (Phi) is 5.28. The minimum atomic E-state index is -4.76. The molecule has 0 spiro atoms. The van der Waals surface area contributed by atoms with Crippen molar-refractivity contribution in [2.24, 2.45) is 0 Å². The molecule has 2 aromatic rings. The summed E-state index contributed by atoms with van der Waals surface area (Å²) in [6.45, 7) is 7.15. The van der Waals surface area contributed by atoms with E-state index in [1.54, 1.807) is 30.9 Å². The highest BCUT2D eigenvalue weighted by atomic mass is 19.4. The van der Waals surface area contributed by atoms with E-state index in [1.807, 2.05) is 0 Å². The van der Waals surface area contributed by atoms with Crippen LogP contribution in [0.3, 0.4) is 0 Å². The number of nitrogens with zero attached hydrogens (tertiary/aromatic N) is 3. The molecule has 1 heterocycles. The lowest BCUT2D eigenvalue weighted by Crippen LogP contribution is -2.43. The van der Waals surface area contributed by atoms with E-state index in [0.717, 1.165) is 17.0 Å². The highest BCUT2D eigenvalue weighted by Crippen LogP contribution is 2.42. The predicted octanol–water partition coefficient (Wildman–Crippen LogP) is 4.47. The standard InChI is InChI=1S/C22H18F3N3O3/c1-13-27(17-10-7-15(12-26)18(11-17)22(23,24)25)20(30)21(2,3)28(13)16-8-5-14(6-9-16)19(29)31-4/h5-11H,1H2,2-4H3. The van der Waals surface area contributed by atoms with E-state index in [4.69, 9.17) is 5.26 Å². The van der Waals surface area contributed by atoms with Gasteiger partial charge in [0.1, 0.15) is 11.4 Å². The van der Waals surface area contributed by atoms with Crippen LogP contribution in [0.5, 0.6) is 0 Å². The molecule has 0 bridgehead atoms. The first kappa shape index (κ1) is 21.9. The van der Waals surface area contributed by atoms with E-state index >= 15 is 0 Å². The van der Waals surface area contributed by atoms with Crippen molar-refractivity contribution in [1.82, 2.24) is 0 Å². The molecule has 1 aliphatic rings. The average molecular weight is 429 g/mol. The number of nitriles is 1. The lowest BCUT2D eigenvalue weighted by Gasteiger charge is -2.30. The molecule has 31 heavy (non-hydrogen) atoms. The summed E-state index contributed by atoms with van der Waals surface area (Å²) >= 11 is 0. The number of ether oxygens (including phenoxy) is 1. The van der Waals surface area contributed by atoms with Gasteiger partial charge in [0.05, 0.1) is 35.6 Å². The molecule has 1 amide bonds. The van der Waals surface area contributed by atoms with Crippen molar-refractivity contribution in [3.63, 3.8) is 0 Å². The minimum absolute atomic E-state index is 0.0527. The van der Waals surface area contributed by atoms with Gasteiger partial charge in [-0.25, -0.2) is 4.79 Å². The smallest absolute Gasteiger partial charge is 0.417 e. The number of anilines is 2. The molecule has 160 valence electrons. The number of carbonyl (C=O) groups is 2. The molecule has 1 aliphatic heterocycles. The Labute approximate surface area is 176 Å². The zero-order valence-corrected chi connectivity index (χ0v) is 16.9. The molecule has 0 saturated carbocycles. The topological polar surface area (TPSA) is 73.6 Å². The summed E-state index contributed by atoms with van der Waals surface area (Å²) in [5.74, 6) is -0.882. The molecule has 2 aromatic carbocycles. The largest absolute Gasteiger partial charge is 0.465 e. The number of benzene rings is 2. The molecule has 0 aromatic heterocycles. The van der Waals surface area contributed by atoms with Crippen LogP contribution in [0, 0.1) is 11.3 Å². The van der Waals surface area contributed by atoms with Gasteiger partial charge in [0, 0.05) is 5.69 Å². The lowest BCUT2D eigenvalue weighted by atomic mass is 10.0. The monoisotopic (exact) mass is 429 g/mol. The molecule has 9 heteroatoms. The summed E-state index contributed by atoms with van der Waals surface area (Å²) < 4.78 is 44.9. The molecular formula is C22H18F3N3O3. The number of hydrogen-bond acceptors (Lipinski definition) is 5. The van der Waals surface area contributed by atoms with Crippen molar-refractivity contribution in [3.05, 3.63) is 71.6 Å². The minimum Gasteiger partial charge on any atom is -0.465 e. The average Bonchev–Trinajstić information content (AvgIpc) is 2.90. The summed E-state index contributed by atoms with van der Waals surface area (Å²) in [5, 5.41) is 9.01. The number of carbonyl (C=O) groups excluding carboxylic acids is 2. The predicted molar refractivity (Wildman–Crippen MR) is 107 cm³/mol. The fourth-order valence-electron chi connectivity index (χ4n) is 3.51. The van der Waals surface area contributed by atoms with Crippen LogP contribution in [0.4, 0.5) is 24.5 Å². The highest BCUT2D eigenvalue weighted by Gasteiger charge is 2.49. The van der Waals surface area contributed by atoms with Gasteiger partial charge in [-0.05, 0) is 56.3 Å². The van der Waals surface area contributed by atoms with Gasteiger partial charge in [0.15, 0.2) is 0 Å². The number of methoxy groups -OCH3 is 1. The Bertz CT molecular complexity index is 1120. The maximum atomic E-state index is 13.4. The summed E-state index contributed by atoms with van der Waals surface area (Å²) in [7, 11) is 1.25. The van der Waals surface area contributed by atoms with Gasteiger partial charge in [-0.3, -0.25) is 9.69 Å². The fourth-order valence-corrected chi connectivity index (χ4v) is 3.51. The maximum absolute atomic E-state index is 13.4. The van der Waals surface area contributed by atoms with Crippen LogP contribution in [0.2, 0.25) is 0 Å². The quantitative estimate of drug-likeness (QED) is 0.674. The second kappa shape index (κ2) is 7.47. The number of rotatable bonds is 3. The lowest BCUT2D eigenvalue weighted by molar-refractivity contribution is -0.137. The van der Waals surface area contributed by atoms with Gasteiger partial charge in [0.25, 0.3) is 5.91 Å². The van der Waals surface area contributed by atoms with E-state index < -0.39 is 34.7 Å². The zero-order valence-electron chi connectivity index (χ0n) is 16.9. The van der Waals surface area contributed by atoms with Crippen molar-refractivity contribution in [2.75, 3.05) is 16.9 Å². The van der Waals surface area contributed by atoms with Crippen molar-refractivity contribution in [3.8, 4) is 6.07 Å². The van der Waals surface area contributed by atoms with E-state index in [9.17, 15) is 22.8 Å². The van der Waals surface area contributed by atoms with Gasteiger partial charge < -0.3 is 9.64 Å². The van der Waals surface area contributed by atoms with Crippen molar-refractivity contribution < 1.29 is 27.5 Å². The second-order valence-corrected chi connectivity index (χ2v) is 7.33. The van der Waals surface area contributed by atoms with E-state index in [2.05, 4.69) is 11.3 Å². The van der Waals surface area contributed by atoms with Gasteiger partial charge in [-0.15, -0.1) is 0 Å².